The molecule has 0 unspecified atom stereocenters. The summed E-state index contributed by atoms with van der Waals surface area (Å²) in [5, 5.41) is 7.36. The molecule has 2 heterocycles. The number of hydrogen-bond acceptors (Lipinski definition) is 6. The van der Waals surface area contributed by atoms with Crippen molar-refractivity contribution in [3.05, 3.63) is 48.3 Å². The third-order valence-electron chi connectivity index (χ3n) is 3.58. The predicted molar refractivity (Wildman–Crippen MR) is 94.4 cm³/mol. The number of nitrogens with one attached hydrogen (secondary N) is 2. The van der Waals surface area contributed by atoms with E-state index >= 15 is 0 Å². The number of aromatic nitrogens is 3. The number of methoxy groups -OCH3 is 1. The fraction of sp³-hybridized carbons (Fsp3) is 0.250. The molecule has 0 saturated carbocycles. The third-order valence-corrected chi connectivity index (χ3v) is 5.06. The van der Waals surface area contributed by atoms with E-state index in [1.807, 2.05) is 19.1 Å². The van der Waals surface area contributed by atoms with Gasteiger partial charge in [-0.15, -0.1) is 0 Å². The first-order valence-corrected chi connectivity index (χ1v) is 9.17. The molecule has 0 bridgehead atoms. The van der Waals surface area contributed by atoms with Gasteiger partial charge >= 0.3 is 0 Å². The van der Waals surface area contributed by atoms with Crippen LogP contribution in [0.3, 0.4) is 0 Å². The Morgan fingerprint density at radius 3 is 2.64 bits per heavy atom. The first kappa shape index (κ1) is 17.2. The Balaban J connectivity index is 1.61. The zero-order valence-corrected chi connectivity index (χ0v) is 14.7. The van der Waals surface area contributed by atoms with Gasteiger partial charge in [-0.1, -0.05) is 0 Å². The summed E-state index contributed by atoms with van der Waals surface area (Å²) in [5.74, 6) is 1.37. The molecule has 25 heavy (non-hydrogen) atoms. The van der Waals surface area contributed by atoms with Crippen molar-refractivity contribution in [3.8, 4) is 5.75 Å². The van der Waals surface area contributed by atoms with Crippen molar-refractivity contribution < 1.29 is 13.2 Å². The van der Waals surface area contributed by atoms with Crippen LogP contribution in [0.4, 0.5) is 5.82 Å². The molecule has 0 spiro atoms. The van der Waals surface area contributed by atoms with Gasteiger partial charge in [0.1, 0.15) is 11.6 Å². The van der Waals surface area contributed by atoms with Gasteiger partial charge in [0.05, 0.1) is 18.2 Å². The third kappa shape index (κ3) is 3.89. The van der Waals surface area contributed by atoms with Gasteiger partial charge in [0.2, 0.25) is 10.0 Å². The first-order chi connectivity index (χ1) is 12.0. The largest absolute Gasteiger partial charge is 0.497 e. The average Bonchev–Trinajstić information content (AvgIpc) is 3.07. The Labute approximate surface area is 145 Å². The molecule has 0 aliphatic carbocycles. The van der Waals surface area contributed by atoms with Crippen LogP contribution in [0.15, 0.2) is 47.5 Å². The summed E-state index contributed by atoms with van der Waals surface area (Å²) in [4.78, 5) is 4.55. The van der Waals surface area contributed by atoms with E-state index in [-0.39, 0.29) is 11.4 Å². The number of hydrogen-bond donors (Lipinski definition) is 2. The smallest absolute Gasteiger partial charge is 0.240 e. The van der Waals surface area contributed by atoms with Crippen LogP contribution in [0.25, 0.3) is 5.65 Å². The fourth-order valence-electron chi connectivity index (χ4n) is 2.38. The summed E-state index contributed by atoms with van der Waals surface area (Å²) < 4.78 is 33.8. The molecule has 9 heteroatoms. The van der Waals surface area contributed by atoms with Crippen molar-refractivity contribution in [2.24, 2.45) is 0 Å². The standard InChI is InChI=1S/C16H19N5O3S/c1-12-11-16(21-15(20-12)7-8-18-21)17-9-10-19-25(22,23)14-5-3-13(24-2)4-6-14/h3-8,11,17,19H,9-10H2,1-2H3. The minimum absolute atomic E-state index is 0.197. The number of aryl methyl sites for hydroxylation is 1. The second-order valence-electron chi connectivity index (χ2n) is 5.38. The minimum atomic E-state index is -3.56. The topological polar surface area (TPSA) is 97.6 Å². The predicted octanol–water partition coefficient (Wildman–Crippen LogP) is 1.44. The molecule has 3 rings (SSSR count). The SMILES string of the molecule is COc1ccc(S(=O)(=O)NCCNc2cc(C)nc3ccnn23)cc1. The number of anilines is 1. The lowest BCUT2D eigenvalue weighted by molar-refractivity contribution is 0.414. The van der Waals surface area contributed by atoms with E-state index in [2.05, 4.69) is 20.1 Å². The fourth-order valence-corrected chi connectivity index (χ4v) is 3.41. The molecule has 1 aromatic carbocycles. The first-order valence-electron chi connectivity index (χ1n) is 7.68. The Morgan fingerprint density at radius 1 is 1.16 bits per heavy atom. The van der Waals surface area contributed by atoms with Crippen LogP contribution in [-0.2, 0) is 10.0 Å². The van der Waals surface area contributed by atoms with E-state index in [0.29, 0.717) is 12.3 Å². The molecular weight excluding hydrogens is 342 g/mol. The number of nitrogens with zero attached hydrogens (tertiary/aromatic N) is 3. The van der Waals surface area contributed by atoms with E-state index in [1.165, 1.54) is 19.2 Å². The molecule has 0 amide bonds. The van der Waals surface area contributed by atoms with Crippen LogP contribution >= 0.6 is 0 Å². The van der Waals surface area contributed by atoms with Crippen LogP contribution in [-0.4, -0.2) is 43.2 Å². The van der Waals surface area contributed by atoms with Crippen molar-refractivity contribution in [3.63, 3.8) is 0 Å². The molecular formula is C16H19N5O3S. The van der Waals surface area contributed by atoms with Crippen LogP contribution in [0.5, 0.6) is 5.75 Å². The van der Waals surface area contributed by atoms with Gasteiger partial charge in [-0.3, -0.25) is 0 Å². The van der Waals surface area contributed by atoms with Gasteiger partial charge < -0.3 is 10.1 Å². The summed E-state index contributed by atoms with van der Waals surface area (Å²) in [6, 6.07) is 9.91. The van der Waals surface area contributed by atoms with Crippen LogP contribution in [0.2, 0.25) is 0 Å². The van der Waals surface area contributed by atoms with Gasteiger partial charge in [0.25, 0.3) is 0 Å². The van der Waals surface area contributed by atoms with E-state index in [4.69, 9.17) is 4.74 Å². The lowest BCUT2D eigenvalue weighted by Gasteiger charge is -2.11. The van der Waals surface area contributed by atoms with Gasteiger partial charge in [-0.05, 0) is 31.2 Å². The van der Waals surface area contributed by atoms with Crippen molar-refractivity contribution in [1.82, 2.24) is 19.3 Å². The van der Waals surface area contributed by atoms with E-state index in [0.717, 1.165) is 17.2 Å². The zero-order valence-electron chi connectivity index (χ0n) is 13.9. The van der Waals surface area contributed by atoms with Gasteiger partial charge in [0, 0.05) is 30.9 Å². The molecule has 0 aliphatic rings. The second-order valence-corrected chi connectivity index (χ2v) is 7.15. The molecule has 0 radical (unpaired) electrons. The summed E-state index contributed by atoms with van der Waals surface area (Å²) in [5.41, 5.74) is 1.59. The maximum atomic E-state index is 12.3. The normalized spacial score (nSPS) is 11.6. The molecule has 0 aliphatic heterocycles. The maximum absolute atomic E-state index is 12.3. The van der Waals surface area contributed by atoms with Crippen molar-refractivity contribution in [1.29, 1.82) is 0 Å². The monoisotopic (exact) mass is 361 g/mol. The highest BCUT2D eigenvalue weighted by molar-refractivity contribution is 7.89. The van der Waals surface area contributed by atoms with Crippen molar-refractivity contribution >= 4 is 21.5 Å². The van der Waals surface area contributed by atoms with Crippen molar-refractivity contribution in [2.75, 3.05) is 25.5 Å². The maximum Gasteiger partial charge on any atom is 0.240 e. The Hall–Kier alpha value is -2.65. The number of benzene rings is 1. The summed E-state index contributed by atoms with van der Waals surface area (Å²) >= 11 is 0. The molecule has 2 aromatic heterocycles. The highest BCUT2D eigenvalue weighted by Gasteiger charge is 2.13. The molecule has 0 saturated heterocycles. The Morgan fingerprint density at radius 2 is 1.92 bits per heavy atom. The van der Waals surface area contributed by atoms with E-state index in [1.54, 1.807) is 22.8 Å². The van der Waals surface area contributed by atoms with Crippen LogP contribution in [0.1, 0.15) is 5.69 Å². The zero-order chi connectivity index (χ0) is 17.9. The molecule has 2 N–H and O–H groups in total. The summed E-state index contributed by atoms with van der Waals surface area (Å²) in [6.45, 7) is 2.54. The Bertz CT molecular complexity index is 967. The highest BCUT2D eigenvalue weighted by Crippen LogP contribution is 2.15. The number of rotatable bonds is 7. The molecule has 3 aromatic rings. The summed E-state index contributed by atoms with van der Waals surface area (Å²) in [6.07, 6.45) is 1.67. The van der Waals surface area contributed by atoms with Gasteiger partial charge in [-0.2, -0.15) is 9.61 Å². The van der Waals surface area contributed by atoms with E-state index < -0.39 is 10.0 Å². The van der Waals surface area contributed by atoms with Crippen LogP contribution in [0, 0.1) is 6.92 Å². The quantitative estimate of drug-likeness (QED) is 0.618. The lowest BCUT2D eigenvalue weighted by atomic mass is 10.3. The second kappa shape index (κ2) is 7.08. The molecule has 132 valence electrons. The lowest BCUT2D eigenvalue weighted by Crippen LogP contribution is -2.29. The van der Waals surface area contributed by atoms with Gasteiger partial charge in [-0.25, -0.2) is 18.1 Å². The minimum Gasteiger partial charge on any atom is -0.497 e. The van der Waals surface area contributed by atoms with Crippen molar-refractivity contribution in [2.45, 2.75) is 11.8 Å². The molecule has 0 atom stereocenters. The highest BCUT2D eigenvalue weighted by atomic mass is 32.2. The number of sulfonamides is 1. The number of ether oxygens (including phenoxy) is 1. The molecule has 0 fully saturated rings. The summed E-state index contributed by atoms with van der Waals surface area (Å²) in [7, 11) is -2.03. The average molecular weight is 361 g/mol. The number of fused-ring (bicyclic) bond motifs is 1. The van der Waals surface area contributed by atoms with Crippen LogP contribution < -0.4 is 14.8 Å². The molecule has 8 nitrogen and oxygen atoms in total. The van der Waals surface area contributed by atoms with E-state index in [9.17, 15) is 8.42 Å². The Kier molecular flexibility index (Phi) is 4.86. The van der Waals surface area contributed by atoms with Gasteiger partial charge in [0.15, 0.2) is 5.65 Å².